The molecule has 0 saturated heterocycles. The topological polar surface area (TPSA) is 44.1 Å². The summed E-state index contributed by atoms with van der Waals surface area (Å²) >= 11 is 0. The van der Waals surface area contributed by atoms with Crippen LogP contribution in [0.3, 0.4) is 0 Å². The van der Waals surface area contributed by atoms with Gasteiger partial charge in [-0.3, -0.25) is 4.79 Å². The van der Waals surface area contributed by atoms with E-state index >= 15 is 0 Å². The zero-order chi connectivity index (χ0) is 13.2. The number of amides is 1. The molecule has 3 rings (SSSR count). The van der Waals surface area contributed by atoms with Gasteiger partial charge in [0.1, 0.15) is 0 Å². The molecule has 0 aliphatic heterocycles. The van der Waals surface area contributed by atoms with Crippen LogP contribution >= 0.6 is 0 Å². The molecule has 2 aliphatic carbocycles. The first-order valence-corrected chi connectivity index (χ1v) is 7.03. The van der Waals surface area contributed by atoms with Crippen molar-refractivity contribution in [1.29, 1.82) is 5.26 Å². The fraction of sp³-hybridized carbons (Fsp3) is 0.500. The highest BCUT2D eigenvalue weighted by Crippen LogP contribution is 2.49. The summed E-state index contributed by atoms with van der Waals surface area (Å²) in [5, 5.41) is 8.70. The lowest BCUT2D eigenvalue weighted by molar-refractivity contribution is -0.133. The van der Waals surface area contributed by atoms with E-state index in [0.717, 1.165) is 19.3 Å². The van der Waals surface area contributed by atoms with Gasteiger partial charge in [0.25, 0.3) is 0 Å². The Morgan fingerprint density at radius 1 is 1.32 bits per heavy atom. The molecule has 2 saturated carbocycles. The Morgan fingerprint density at radius 2 is 2.05 bits per heavy atom. The minimum atomic E-state index is 0.154. The SMILES string of the molecule is N#CCCN(C(=O)C1CC1c1ccccc1)C1CC1. The van der Waals surface area contributed by atoms with Crippen molar-refractivity contribution in [3.05, 3.63) is 35.9 Å². The molecule has 0 aromatic heterocycles. The first-order valence-electron chi connectivity index (χ1n) is 7.03. The van der Waals surface area contributed by atoms with Gasteiger partial charge >= 0.3 is 0 Å². The number of nitriles is 1. The van der Waals surface area contributed by atoms with Gasteiger partial charge in [-0.2, -0.15) is 5.26 Å². The predicted octanol–water partition coefficient (Wildman–Crippen LogP) is 2.69. The van der Waals surface area contributed by atoms with Crippen LogP contribution in [-0.4, -0.2) is 23.4 Å². The van der Waals surface area contributed by atoms with E-state index in [0.29, 0.717) is 24.9 Å². The van der Waals surface area contributed by atoms with Crippen LogP contribution < -0.4 is 0 Å². The molecule has 0 spiro atoms. The number of carbonyl (C=O) groups is 1. The van der Waals surface area contributed by atoms with Crippen LogP contribution in [0.2, 0.25) is 0 Å². The van der Waals surface area contributed by atoms with Gasteiger partial charge in [-0.15, -0.1) is 0 Å². The van der Waals surface area contributed by atoms with Gasteiger partial charge < -0.3 is 4.90 Å². The molecule has 2 aliphatic rings. The Kier molecular flexibility index (Phi) is 3.25. The molecule has 1 aromatic rings. The summed E-state index contributed by atoms with van der Waals surface area (Å²) in [6, 6.07) is 12.8. The van der Waals surface area contributed by atoms with Crippen LogP contribution in [0.1, 0.15) is 37.2 Å². The summed E-state index contributed by atoms with van der Waals surface area (Å²) in [6.45, 7) is 0.609. The highest BCUT2D eigenvalue weighted by molar-refractivity contribution is 5.83. The third-order valence-electron chi connectivity index (χ3n) is 4.07. The number of rotatable bonds is 5. The Balaban J connectivity index is 1.63. The molecule has 3 nitrogen and oxygen atoms in total. The average molecular weight is 254 g/mol. The highest BCUT2D eigenvalue weighted by Gasteiger charge is 2.47. The average Bonchev–Trinajstić information content (AvgIpc) is 3.32. The summed E-state index contributed by atoms with van der Waals surface area (Å²) in [5.74, 6) is 0.824. The second-order valence-electron chi connectivity index (χ2n) is 5.53. The van der Waals surface area contributed by atoms with E-state index in [1.165, 1.54) is 5.56 Å². The highest BCUT2D eigenvalue weighted by atomic mass is 16.2. The minimum Gasteiger partial charge on any atom is -0.338 e. The lowest BCUT2D eigenvalue weighted by Gasteiger charge is -2.21. The molecular weight excluding hydrogens is 236 g/mol. The van der Waals surface area contributed by atoms with Crippen molar-refractivity contribution >= 4 is 5.91 Å². The number of hydrogen-bond acceptors (Lipinski definition) is 2. The van der Waals surface area contributed by atoms with E-state index in [1.807, 2.05) is 23.1 Å². The van der Waals surface area contributed by atoms with E-state index in [-0.39, 0.29) is 11.8 Å². The number of carbonyl (C=O) groups excluding carboxylic acids is 1. The largest absolute Gasteiger partial charge is 0.338 e. The van der Waals surface area contributed by atoms with Gasteiger partial charge in [-0.25, -0.2) is 0 Å². The van der Waals surface area contributed by atoms with Crippen LogP contribution in [0.5, 0.6) is 0 Å². The zero-order valence-electron chi connectivity index (χ0n) is 11.0. The molecule has 2 atom stereocenters. The zero-order valence-corrected chi connectivity index (χ0v) is 11.0. The maximum atomic E-state index is 12.5. The molecule has 0 N–H and O–H groups in total. The number of nitrogens with zero attached hydrogens (tertiary/aromatic N) is 2. The monoisotopic (exact) mass is 254 g/mol. The van der Waals surface area contributed by atoms with Gasteiger partial charge in [-0.1, -0.05) is 30.3 Å². The fourth-order valence-electron chi connectivity index (χ4n) is 2.78. The van der Waals surface area contributed by atoms with E-state index in [9.17, 15) is 4.79 Å². The molecule has 1 aromatic carbocycles. The summed E-state index contributed by atoms with van der Waals surface area (Å²) in [5.41, 5.74) is 1.27. The van der Waals surface area contributed by atoms with Crippen LogP contribution in [-0.2, 0) is 4.79 Å². The smallest absolute Gasteiger partial charge is 0.226 e. The van der Waals surface area contributed by atoms with Crippen LogP contribution in [0.15, 0.2) is 30.3 Å². The minimum absolute atomic E-state index is 0.154. The first-order chi connectivity index (χ1) is 9.31. The van der Waals surface area contributed by atoms with Crippen LogP contribution in [0.25, 0.3) is 0 Å². The van der Waals surface area contributed by atoms with Crippen molar-refractivity contribution in [2.75, 3.05) is 6.54 Å². The fourth-order valence-corrected chi connectivity index (χ4v) is 2.78. The van der Waals surface area contributed by atoms with E-state index in [2.05, 4.69) is 18.2 Å². The molecule has 2 unspecified atom stereocenters. The van der Waals surface area contributed by atoms with Crippen LogP contribution in [0.4, 0.5) is 0 Å². The molecule has 1 amide bonds. The Labute approximate surface area is 113 Å². The maximum Gasteiger partial charge on any atom is 0.226 e. The molecule has 0 radical (unpaired) electrons. The Morgan fingerprint density at radius 3 is 2.68 bits per heavy atom. The van der Waals surface area contributed by atoms with Gasteiger partial charge in [0.2, 0.25) is 5.91 Å². The van der Waals surface area contributed by atoms with Gasteiger partial charge in [0.15, 0.2) is 0 Å². The predicted molar refractivity (Wildman–Crippen MR) is 72.3 cm³/mol. The molecule has 3 heteroatoms. The first kappa shape index (κ1) is 12.2. The lowest BCUT2D eigenvalue weighted by atomic mass is 10.1. The third kappa shape index (κ3) is 2.63. The number of benzene rings is 1. The second kappa shape index (κ2) is 5.05. The number of hydrogen-bond donors (Lipinski definition) is 0. The molecule has 2 fully saturated rings. The maximum absolute atomic E-state index is 12.5. The lowest BCUT2D eigenvalue weighted by Crippen LogP contribution is -2.35. The van der Waals surface area contributed by atoms with Gasteiger partial charge in [-0.05, 0) is 30.7 Å². The normalized spacial score (nSPS) is 24.6. The second-order valence-corrected chi connectivity index (χ2v) is 5.53. The van der Waals surface area contributed by atoms with E-state index in [4.69, 9.17) is 5.26 Å². The van der Waals surface area contributed by atoms with Crippen molar-refractivity contribution in [3.63, 3.8) is 0 Å². The summed E-state index contributed by atoms with van der Waals surface area (Å²) < 4.78 is 0. The molecule has 0 bridgehead atoms. The van der Waals surface area contributed by atoms with Crippen LogP contribution in [0, 0.1) is 17.2 Å². The van der Waals surface area contributed by atoms with Gasteiger partial charge in [0, 0.05) is 18.5 Å². The molecule has 98 valence electrons. The summed E-state index contributed by atoms with van der Waals surface area (Å²) in [7, 11) is 0. The van der Waals surface area contributed by atoms with Crippen molar-refractivity contribution in [3.8, 4) is 6.07 Å². The van der Waals surface area contributed by atoms with Crippen molar-refractivity contribution in [2.45, 2.75) is 37.6 Å². The van der Waals surface area contributed by atoms with E-state index < -0.39 is 0 Å². The standard InChI is InChI=1S/C16H18N2O/c17-9-4-10-18(13-7-8-13)16(19)15-11-14(15)12-5-2-1-3-6-12/h1-3,5-6,13-15H,4,7-8,10-11H2. The van der Waals surface area contributed by atoms with Crippen molar-refractivity contribution in [1.82, 2.24) is 4.90 Å². The van der Waals surface area contributed by atoms with Crippen molar-refractivity contribution < 1.29 is 4.79 Å². The summed E-state index contributed by atoms with van der Waals surface area (Å²) in [4.78, 5) is 14.4. The van der Waals surface area contributed by atoms with Crippen molar-refractivity contribution in [2.24, 2.45) is 5.92 Å². The molecule has 0 heterocycles. The quantitative estimate of drug-likeness (QED) is 0.811. The third-order valence-corrected chi connectivity index (χ3v) is 4.07. The van der Waals surface area contributed by atoms with E-state index in [1.54, 1.807) is 0 Å². The summed E-state index contributed by atoms with van der Waals surface area (Å²) in [6.07, 6.45) is 3.64. The van der Waals surface area contributed by atoms with Gasteiger partial charge in [0.05, 0.1) is 12.5 Å². The molecular formula is C16H18N2O. The Hall–Kier alpha value is -1.82. The molecule has 19 heavy (non-hydrogen) atoms. The Bertz CT molecular complexity index is 501.